The number of benzene rings is 1. The first-order chi connectivity index (χ1) is 10.8. The van der Waals surface area contributed by atoms with Gasteiger partial charge in [0.05, 0.1) is 0 Å². The monoisotopic (exact) mass is 295 g/mol. The van der Waals surface area contributed by atoms with E-state index >= 15 is 0 Å². The highest BCUT2D eigenvalue weighted by Crippen LogP contribution is 2.44. The minimum absolute atomic E-state index is 0.0946. The number of aryl methyl sites for hydroxylation is 1. The van der Waals surface area contributed by atoms with Crippen molar-refractivity contribution < 1.29 is 4.79 Å². The summed E-state index contributed by atoms with van der Waals surface area (Å²) in [6, 6.07) is 10.5. The molecule has 0 bridgehead atoms. The number of aromatic amines is 1. The molecule has 4 rings (SSSR count). The van der Waals surface area contributed by atoms with Crippen molar-refractivity contribution in [1.82, 2.24) is 10.2 Å². The van der Waals surface area contributed by atoms with Crippen molar-refractivity contribution in [2.45, 2.75) is 50.4 Å². The molecular weight excluding hydrogens is 274 g/mol. The minimum atomic E-state index is 0.0946. The molecule has 0 spiro atoms. The summed E-state index contributed by atoms with van der Waals surface area (Å²) in [5.74, 6) is 1.78. The molecule has 1 amide bonds. The van der Waals surface area contributed by atoms with Gasteiger partial charge in [-0.25, -0.2) is 0 Å². The Morgan fingerprint density at radius 1 is 1.18 bits per heavy atom. The molecule has 22 heavy (non-hydrogen) atoms. The average Bonchev–Trinajstić information content (AvgIpc) is 2.88. The van der Waals surface area contributed by atoms with Crippen LogP contribution in [0.2, 0.25) is 0 Å². The molecule has 2 aliphatic rings. The number of aromatic nitrogens is 2. The predicted octanol–water partition coefficient (Wildman–Crippen LogP) is 3.74. The highest BCUT2D eigenvalue weighted by Gasteiger charge is 2.34. The Bertz CT molecular complexity index is 673. The summed E-state index contributed by atoms with van der Waals surface area (Å²) < 4.78 is 0. The van der Waals surface area contributed by atoms with E-state index < -0.39 is 0 Å². The summed E-state index contributed by atoms with van der Waals surface area (Å²) in [5.41, 5.74) is 3.89. The molecular formula is C18H21N3O. The van der Waals surface area contributed by atoms with Crippen LogP contribution in [0.15, 0.2) is 30.3 Å². The van der Waals surface area contributed by atoms with Gasteiger partial charge in [0, 0.05) is 23.6 Å². The van der Waals surface area contributed by atoms with Crippen molar-refractivity contribution in [3.05, 3.63) is 47.2 Å². The van der Waals surface area contributed by atoms with E-state index in [0.29, 0.717) is 18.3 Å². The van der Waals surface area contributed by atoms with Crippen LogP contribution in [0, 0.1) is 0 Å². The van der Waals surface area contributed by atoms with Crippen LogP contribution in [0.1, 0.15) is 60.8 Å². The summed E-state index contributed by atoms with van der Waals surface area (Å²) in [5, 5.41) is 10.5. The fourth-order valence-electron chi connectivity index (χ4n) is 3.62. The first-order valence-electron chi connectivity index (χ1n) is 8.23. The van der Waals surface area contributed by atoms with Crippen molar-refractivity contribution in [1.29, 1.82) is 0 Å². The average molecular weight is 295 g/mol. The van der Waals surface area contributed by atoms with Gasteiger partial charge in [0.25, 0.3) is 0 Å². The van der Waals surface area contributed by atoms with E-state index in [1.54, 1.807) is 0 Å². The Hall–Kier alpha value is -2.10. The lowest BCUT2D eigenvalue weighted by atomic mass is 9.77. The molecule has 1 aliphatic heterocycles. The maximum absolute atomic E-state index is 11.9. The number of nitrogens with one attached hydrogen (secondary N) is 2. The second-order valence-corrected chi connectivity index (χ2v) is 6.50. The largest absolute Gasteiger partial charge is 0.309 e. The third-order valence-corrected chi connectivity index (χ3v) is 5.07. The van der Waals surface area contributed by atoms with E-state index in [-0.39, 0.29) is 5.91 Å². The van der Waals surface area contributed by atoms with Crippen molar-refractivity contribution >= 4 is 11.7 Å². The normalized spacial score (nSPS) is 21.1. The number of hydrogen-bond acceptors (Lipinski definition) is 2. The van der Waals surface area contributed by atoms with Crippen LogP contribution >= 0.6 is 0 Å². The number of H-pyrrole nitrogens is 1. The number of hydrogen-bond donors (Lipinski definition) is 2. The maximum Gasteiger partial charge on any atom is 0.226 e. The highest BCUT2D eigenvalue weighted by molar-refractivity contribution is 5.93. The van der Waals surface area contributed by atoms with Crippen molar-refractivity contribution in [3.8, 4) is 0 Å². The quantitative estimate of drug-likeness (QED) is 0.902. The zero-order chi connectivity index (χ0) is 14.9. The van der Waals surface area contributed by atoms with Crippen LogP contribution in [-0.2, 0) is 11.2 Å². The standard InChI is InChI=1S/C18H21N3O/c22-15-11-14(10-9-12-5-2-1-3-6-12)16-17(13-7-4-8-13)20-21-18(16)19-15/h1-3,5-6,13-14H,4,7-11H2,(H2,19,20,21,22)/t14-/m0/s1. The molecule has 1 aromatic carbocycles. The van der Waals surface area contributed by atoms with E-state index in [4.69, 9.17) is 0 Å². The summed E-state index contributed by atoms with van der Waals surface area (Å²) in [4.78, 5) is 11.9. The third-order valence-electron chi connectivity index (χ3n) is 5.07. The number of carbonyl (C=O) groups is 1. The Morgan fingerprint density at radius 3 is 2.73 bits per heavy atom. The van der Waals surface area contributed by atoms with Gasteiger partial charge in [-0.05, 0) is 37.2 Å². The van der Waals surface area contributed by atoms with Gasteiger partial charge in [-0.3, -0.25) is 9.89 Å². The Morgan fingerprint density at radius 2 is 2.00 bits per heavy atom. The summed E-state index contributed by atoms with van der Waals surface area (Å²) in [6.07, 6.45) is 6.39. The lowest BCUT2D eigenvalue weighted by Crippen LogP contribution is -2.24. The van der Waals surface area contributed by atoms with E-state index in [1.165, 1.54) is 36.1 Å². The van der Waals surface area contributed by atoms with E-state index in [9.17, 15) is 4.79 Å². The number of anilines is 1. The van der Waals surface area contributed by atoms with Crippen molar-refractivity contribution in [3.63, 3.8) is 0 Å². The fourth-order valence-corrected chi connectivity index (χ4v) is 3.62. The molecule has 2 heterocycles. The molecule has 4 nitrogen and oxygen atoms in total. The van der Waals surface area contributed by atoms with Gasteiger partial charge >= 0.3 is 0 Å². The molecule has 1 aliphatic carbocycles. The van der Waals surface area contributed by atoms with Gasteiger partial charge in [-0.1, -0.05) is 36.8 Å². The zero-order valence-electron chi connectivity index (χ0n) is 12.6. The van der Waals surface area contributed by atoms with E-state index in [0.717, 1.165) is 18.7 Å². The van der Waals surface area contributed by atoms with E-state index in [2.05, 4.69) is 39.8 Å². The van der Waals surface area contributed by atoms with Gasteiger partial charge < -0.3 is 5.32 Å². The fraction of sp³-hybridized carbons (Fsp3) is 0.444. The molecule has 1 aromatic heterocycles. The molecule has 0 saturated heterocycles. The number of fused-ring (bicyclic) bond motifs is 1. The third kappa shape index (κ3) is 2.43. The number of nitrogens with zero attached hydrogens (tertiary/aromatic N) is 1. The lowest BCUT2D eigenvalue weighted by molar-refractivity contribution is -0.116. The van der Waals surface area contributed by atoms with Crippen molar-refractivity contribution in [2.24, 2.45) is 0 Å². The summed E-state index contributed by atoms with van der Waals surface area (Å²) >= 11 is 0. The van der Waals surface area contributed by atoms with Crippen LogP contribution in [0.5, 0.6) is 0 Å². The first-order valence-corrected chi connectivity index (χ1v) is 8.23. The molecule has 0 radical (unpaired) electrons. The smallest absolute Gasteiger partial charge is 0.226 e. The van der Waals surface area contributed by atoms with Crippen LogP contribution in [-0.4, -0.2) is 16.1 Å². The second-order valence-electron chi connectivity index (χ2n) is 6.50. The molecule has 1 saturated carbocycles. The van der Waals surface area contributed by atoms with Gasteiger partial charge in [-0.2, -0.15) is 5.10 Å². The van der Waals surface area contributed by atoms with Crippen LogP contribution in [0.4, 0.5) is 5.82 Å². The molecule has 114 valence electrons. The summed E-state index contributed by atoms with van der Waals surface area (Å²) in [6.45, 7) is 0. The van der Waals surface area contributed by atoms with Gasteiger partial charge in [0.15, 0.2) is 5.82 Å². The Balaban J connectivity index is 1.57. The van der Waals surface area contributed by atoms with E-state index in [1.807, 2.05) is 6.07 Å². The maximum atomic E-state index is 11.9. The Kier molecular flexibility index (Phi) is 3.45. The number of carbonyl (C=O) groups excluding carboxylic acids is 1. The molecule has 2 aromatic rings. The Labute approximate surface area is 130 Å². The minimum Gasteiger partial charge on any atom is -0.309 e. The van der Waals surface area contributed by atoms with Gasteiger partial charge in [-0.15, -0.1) is 0 Å². The summed E-state index contributed by atoms with van der Waals surface area (Å²) in [7, 11) is 0. The van der Waals surface area contributed by atoms with Gasteiger partial charge in [0.2, 0.25) is 5.91 Å². The van der Waals surface area contributed by atoms with Crippen molar-refractivity contribution in [2.75, 3.05) is 5.32 Å². The van der Waals surface area contributed by atoms with Crippen LogP contribution in [0.3, 0.4) is 0 Å². The van der Waals surface area contributed by atoms with Gasteiger partial charge in [0.1, 0.15) is 0 Å². The SMILES string of the molecule is O=C1C[C@H](CCc2ccccc2)c2c(n[nH]c2C2CCC2)N1. The molecule has 1 fully saturated rings. The van der Waals surface area contributed by atoms with Crippen LogP contribution in [0.25, 0.3) is 0 Å². The zero-order valence-corrected chi connectivity index (χ0v) is 12.6. The first kappa shape index (κ1) is 13.6. The second kappa shape index (κ2) is 5.59. The molecule has 1 atom stereocenters. The highest BCUT2D eigenvalue weighted by atomic mass is 16.1. The predicted molar refractivity (Wildman–Crippen MR) is 85.9 cm³/mol. The number of amides is 1. The molecule has 4 heteroatoms. The topological polar surface area (TPSA) is 57.8 Å². The molecule has 2 N–H and O–H groups in total. The molecule has 0 unspecified atom stereocenters. The van der Waals surface area contributed by atoms with Crippen LogP contribution < -0.4 is 5.32 Å². The lowest BCUT2D eigenvalue weighted by Gasteiger charge is -2.29. The number of rotatable bonds is 4.